The van der Waals surface area contributed by atoms with Crippen LogP contribution in [-0.2, 0) is 4.74 Å². The maximum atomic E-state index is 12.4. The Bertz CT molecular complexity index is 852. The van der Waals surface area contributed by atoms with Crippen LogP contribution in [-0.4, -0.2) is 41.8 Å². The zero-order valence-electron chi connectivity index (χ0n) is 14.3. The minimum atomic E-state index is -0.124. The number of carbonyl (C=O) groups is 1. The first-order valence-electron chi connectivity index (χ1n) is 8.62. The van der Waals surface area contributed by atoms with E-state index in [2.05, 4.69) is 15.2 Å². The van der Waals surface area contributed by atoms with E-state index in [9.17, 15) is 4.79 Å². The summed E-state index contributed by atoms with van der Waals surface area (Å²) in [5.41, 5.74) is 3.52. The summed E-state index contributed by atoms with van der Waals surface area (Å²) in [4.78, 5) is 18.7. The number of imidazole rings is 1. The van der Waals surface area contributed by atoms with Gasteiger partial charge in [-0.25, -0.2) is 4.98 Å². The molecule has 1 aliphatic heterocycles. The Balaban J connectivity index is 1.41. The van der Waals surface area contributed by atoms with Crippen molar-refractivity contribution in [3.8, 4) is 5.69 Å². The second kappa shape index (κ2) is 7.41. The van der Waals surface area contributed by atoms with Crippen molar-refractivity contribution in [3.05, 3.63) is 72.8 Å². The van der Waals surface area contributed by atoms with Crippen LogP contribution < -0.4 is 10.2 Å². The highest BCUT2D eigenvalue weighted by atomic mass is 16.5. The maximum absolute atomic E-state index is 12.4. The van der Waals surface area contributed by atoms with E-state index in [-0.39, 0.29) is 5.91 Å². The summed E-state index contributed by atoms with van der Waals surface area (Å²) < 4.78 is 7.27. The molecule has 0 aliphatic carbocycles. The highest BCUT2D eigenvalue weighted by Gasteiger charge is 2.11. The topological polar surface area (TPSA) is 59.4 Å². The largest absolute Gasteiger partial charge is 0.378 e. The van der Waals surface area contributed by atoms with Crippen molar-refractivity contribution in [1.82, 2.24) is 9.55 Å². The third-order valence-corrected chi connectivity index (χ3v) is 4.43. The molecule has 1 fully saturated rings. The van der Waals surface area contributed by atoms with E-state index < -0.39 is 0 Å². The highest BCUT2D eigenvalue weighted by molar-refractivity contribution is 6.04. The minimum Gasteiger partial charge on any atom is -0.378 e. The molecule has 0 bridgehead atoms. The van der Waals surface area contributed by atoms with Gasteiger partial charge in [0.25, 0.3) is 5.91 Å². The lowest BCUT2D eigenvalue weighted by molar-refractivity contribution is 0.102. The molecule has 0 spiro atoms. The van der Waals surface area contributed by atoms with E-state index in [0.29, 0.717) is 5.56 Å². The molecular weight excluding hydrogens is 328 g/mol. The number of rotatable bonds is 4. The number of aromatic nitrogens is 2. The van der Waals surface area contributed by atoms with Gasteiger partial charge in [0, 0.05) is 48.1 Å². The molecule has 0 radical (unpaired) electrons. The van der Waals surface area contributed by atoms with Gasteiger partial charge in [-0.3, -0.25) is 4.79 Å². The molecule has 1 saturated heterocycles. The van der Waals surface area contributed by atoms with Gasteiger partial charge in [-0.15, -0.1) is 0 Å². The summed E-state index contributed by atoms with van der Waals surface area (Å²) in [7, 11) is 0. The van der Waals surface area contributed by atoms with Crippen molar-refractivity contribution >= 4 is 17.3 Å². The Morgan fingerprint density at radius 3 is 2.31 bits per heavy atom. The van der Waals surface area contributed by atoms with Gasteiger partial charge in [-0.1, -0.05) is 0 Å². The van der Waals surface area contributed by atoms with Gasteiger partial charge in [0.05, 0.1) is 19.5 Å². The molecule has 3 aromatic rings. The molecule has 0 atom stereocenters. The number of ether oxygens (including phenoxy) is 1. The second-order valence-electron chi connectivity index (χ2n) is 6.12. The average molecular weight is 348 g/mol. The van der Waals surface area contributed by atoms with Crippen LogP contribution >= 0.6 is 0 Å². The van der Waals surface area contributed by atoms with Gasteiger partial charge in [0.1, 0.15) is 0 Å². The van der Waals surface area contributed by atoms with Crippen LogP contribution in [0.3, 0.4) is 0 Å². The van der Waals surface area contributed by atoms with Crippen LogP contribution in [0.15, 0.2) is 67.3 Å². The Morgan fingerprint density at radius 1 is 0.962 bits per heavy atom. The molecule has 1 amide bonds. The third kappa shape index (κ3) is 3.60. The van der Waals surface area contributed by atoms with E-state index >= 15 is 0 Å². The first-order chi connectivity index (χ1) is 12.8. The summed E-state index contributed by atoms with van der Waals surface area (Å²) in [6, 6.07) is 15.4. The first-order valence-corrected chi connectivity index (χ1v) is 8.62. The Hall–Kier alpha value is -3.12. The Labute approximate surface area is 152 Å². The number of carbonyl (C=O) groups excluding carboxylic acids is 1. The molecule has 6 heteroatoms. The van der Waals surface area contributed by atoms with Crippen molar-refractivity contribution in [2.45, 2.75) is 0 Å². The van der Waals surface area contributed by atoms with E-state index in [1.54, 1.807) is 12.5 Å². The number of nitrogens with zero attached hydrogens (tertiary/aromatic N) is 3. The lowest BCUT2D eigenvalue weighted by atomic mass is 10.2. The Kier molecular flexibility index (Phi) is 4.66. The van der Waals surface area contributed by atoms with Gasteiger partial charge in [0.2, 0.25) is 0 Å². The molecule has 1 aliphatic rings. The van der Waals surface area contributed by atoms with Crippen molar-refractivity contribution < 1.29 is 9.53 Å². The highest BCUT2D eigenvalue weighted by Crippen LogP contribution is 2.19. The Morgan fingerprint density at radius 2 is 1.65 bits per heavy atom. The number of benzene rings is 2. The van der Waals surface area contributed by atoms with Gasteiger partial charge < -0.3 is 19.5 Å². The van der Waals surface area contributed by atoms with Crippen molar-refractivity contribution in [1.29, 1.82) is 0 Å². The van der Waals surface area contributed by atoms with Gasteiger partial charge in [-0.2, -0.15) is 0 Å². The smallest absolute Gasteiger partial charge is 0.255 e. The fourth-order valence-corrected chi connectivity index (χ4v) is 2.98. The molecular formula is C20H20N4O2. The standard InChI is InChI=1S/C20H20N4O2/c25-20(16-1-5-19(6-2-16)24-10-9-21-15-24)22-17-3-7-18(8-4-17)23-11-13-26-14-12-23/h1-10,15H,11-14H2,(H,22,25). The number of morpholine rings is 1. The summed E-state index contributed by atoms with van der Waals surface area (Å²) in [6.45, 7) is 3.31. The molecule has 0 saturated carbocycles. The predicted octanol–water partition coefficient (Wildman–Crippen LogP) is 2.96. The van der Waals surface area contributed by atoms with Crippen LogP contribution in [0.4, 0.5) is 11.4 Å². The molecule has 1 N–H and O–H groups in total. The number of hydrogen-bond donors (Lipinski definition) is 1. The molecule has 2 heterocycles. The number of amides is 1. The van der Waals surface area contributed by atoms with Gasteiger partial charge in [0.15, 0.2) is 0 Å². The van der Waals surface area contributed by atoms with Crippen LogP contribution in [0, 0.1) is 0 Å². The van der Waals surface area contributed by atoms with Gasteiger partial charge in [-0.05, 0) is 48.5 Å². The number of hydrogen-bond acceptors (Lipinski definition) is 4. The maximum Gasteiger partial charge on any atom is 0.255 e. The zero-order valence-corrected chi connectivity index (χ0v) is 14.3. The molecule has 6 nitrogen and oxygen atoms in total. The van der Waals surface area contributed by atoms with Crippen LogP contribution in [0.2, 0.25) is 0 Å². The summed E-state index contributed by atoms with van der Waals surface area (Å²) in [6.07, 6.45) is 5.32. The predicted molar refractivity (Wildman–Crippen MR) is 101 cm³/mol. The molecule has 26 heavy (non-hydrogen) atoms. The van der Waals surface area contributed by atoms with Gasteiger partial charge >= 0.3 is 0 Å². The molecule has 2 aromatic carbocycles. The van der Waals surface area contributed by atoms with Crippen LogP contribution in [0.1, 0.15) is 10.4 Å². The van der Waals surface area contributed by atoms with E-state index in [0.717, 1.165) is 43.4 Å². The van der Waals surface area contributed by atoms with E-state index in [1.807, 2.05) is 59.3 Å². The summed E-state index contributed by atoms with van der Waals surface area (Å²) in [5, 5.41) is 2.94. The lowest BCUT2D eigenvalue weighted by Gasteiger charge is -2.28. The molecule has 1 aromatic heterocycles. The first kappa shape index (κ1) is 16.4. The summed E-state index contributed by atoms with van der Waals surface area (Å²) >= 11 is 0. The molecule has 4 rings (SSSR count). The SMILES string of the molecule is O=C(Nc1ccc(N2CCOCC2)cc1)c1ccc(-n2ccnc2)cc1. The van der Waals surface area contributed by atoms with Crippen molar-refractivity contribution in [3.63, 3.8) is 0 Å². The molecule has 132 valence electrons. The second-order valence-corrected chi connectivity index (χ2v) is 6.12. The summed E-state index contributed by atoms with van der Waals surface area (Å²) in [5.74, 6) is -0.124. The fourth-order valence-electron chi connectivity index (χ4n) is 2.98. The number of nitrogens with one attached hydrogen (secondary N) is 1. The van der Waals surface area contributed by atoms with Crippen molar-refractivity contribution in [2.75, 3.05) is 36.5 Å². The fraction of sp³-hybridized carbons (Fsp3) is 0.200. The monoisotopic (exact) mass is 348 g/mol. The van der Waals surface area contributed by atoms with Crippen LogP contribution in [0.25, 0.3) is 5.69 Å². The average Bonchev–Trinajstić information content (AvgIpc) is 3.24. The quantitative estimate of drug-likeness (QED) is 0.787. The molecule has 0 unspecified atom stereocenters. The third-order valence-electron chi connectivity index (χ3n) is 4.43. The van der Waals surface area contributed by atoms with Crippen molar-refractivity contribution in [2.24, 2.45) is 0 Å². The van der Waals surface area contributed by atoms with E-state index in [1.165, 1.54) is 0 Å². The normalized spacial score (nSPS) is 14.2. The minimum absolute atomic E-state index is 0.124. The zero-order chi connectivity index (χ0) is 17.8. The number of anilines is 2. The lowest BCUT2D eigenvalue weighted by Crippen LogP contribution is -2.36. The van der Waals surface area contributed by atoms with Crippen LogP contribution in [0.5, 0.6) is 0 Å². The van der Waals surface area contributed by atoms with E-state index in [4.69, 9.17) is 4.74 Å².